The summed E-state index contributed by atoms with van der Waals surface area (Å²) in [5.74, 6) is 0.942. The smallest absolute Gasteiger partial charge is 0.151 e. The van der Waals surface area contributed by atoms with Gasteiger partial charge in [0.15, 0.2) is 5.82 Å². The summed E-state index contributed by atoms with van der Waals surface area (Å²) in [7, 11) is 0. The fourth-order valence-electron chi connectivity index (χ4n) is 1.16. The average Bonchev–Trinajstić information content (AvgIpc) is 2.59. The molecule has 0 saturated carbocycles. The first-order valence-corrected chi connectivity index (χ1v) is 3.50. The van der Waals surface area contributed by atoms with Gasteiger partial charge in [-0.15, -0.1) is 0 Å². The highest BCUT2D eigenvalue weighted by atomic mass is 14.9. The molecule has 1 aromatic rings. The predicted molar refractivity (Wildman–Crippen MR) is 39.2 cm³/mol. The van der Waals surface area contributed by atoms with E-state index >= 15 is 0 Å². The number of hydrogen-bond acceptors (Lipinski definition) is 2. The molecule has 2 rings (SSSR count). The van der Waals surface area contributed by atoms with Crippen LogP contribution in [0.4, 0.5) is 0 Å². The van der Waals surface area contributed by atoms with Gasteiger partial charge < -0.3 is 4.98 Å². The lowest BCUT2D eigenvalue weighted by molar-refractivity contribution is 0.950. The Hall–Kier alpha value is -1.12. The van der Waals surface area contributed by atoms with Crippen molar-refractivity contribution in [1.29, 1.82) is 0 Å². The van der Waals surface area contributed by atoms with Gasteiger partial charge in [-0.1, -0.05) is 0 Å². The Morgan fingerprint density at radius 1 is 1.50 bits per heavy atom. The van der Waals surface area contributed by atoms with Gasteiger partial charge in [-0.2, -0.15) is 0 Å². The quantitative estimate of drug-likeness (QED) is 0.613. The van der Waals surface area contributed by atoms with Crippen molar-refractivity contribution in [2.75, 3.05) is 6.54 Å². The standard InChI is InChI=1S/C7H9N3/c1-2-6(8-3-1)7-9-4-5-10-7/h4-5H,1-3H2,(H,9,10). The van der Waals surface area contributed by atoms with E-state index in [1.54, 1.807) is 6.20 Å². The molecule has 1 aliphatic rings. The van der Waals surface area contributed by atoms with Crippen molar-refractivity contribution in [3.63, 3.8) is 0 Å². The highest BCUT2D eigenvalue weighted by Gasteiger charge is 2.09. The third-order valence-corrected chi connectivity index (χ3v) is 1.65. The molecule has 1 N–H and O–H groups in total. The highest BCUT2D eigenvalue weighted by Crippen LogP contribution is 2.08. The van der Waals surface area contributed by atoms with Gasteiger partial charge in [0, 0.05) is 18.9 Å². The lowest BCUT2D eigenvalue weighted by Crippen LogP contribution is -1.97. The van der Waals surface area contributed by atoms with Crippen LogP contribution in [-0.2, 0) is 0 Å². The molecule has 0 fully saturated rings. The lowest BCUT2D eigenvalue weighted by Gasteiger charge is -1.90. The summed E-state index contributed by atoms with van der Waals surface area (Å²) in [5.41, 5.74) is 1.13. The van der Waals surface area contributed by atoms with E-state index in [0.29, 0.717) is 0 Å². The van der Waals surface area contributed by atoms with E-state index in [-0.39, 0.29) is 0 Å². The van der Waals surface area contributed by atoms with Crippen LogP contribution in [0.2, 0.25) is 0 Å². The minimum absolute atomic E-state index is 0.942. The van der Waals surface area contributed by atoms with Crippen molar-refractivity contribution >= 4 is 5.71 Å². The molecule has 0 unspecified atom stereocenters. The van der Waals surface area contributed by atoms with Crippen LogP contribution in [0.5, 0.6) is 0 Å². The lowest BCUT2D eigenvalue weighted by atomic mass is 10.2. The normalized spacial score (nSPS) is 17.4. The van der Waals surface area contributed by atoms with Crippen LogP contribution in [-0.4, -0.2) is 22.2 Å². The SMILES string of the molecule is c1c[nH]c(C2=NCCC2)n1. The van der Waals surface area contributed by atoms with Crippen LogP contribution in [0.1, 0.15) is 18.7 Å². The Morgan fingerprint density at radius 3 is 3.10 bits per heavy atom. The second-order valence-corrected chi connectivity index (χ2v) is 2.37. The summed E-state index contributed by atoms with van der Waals surface area (Å²) in [5, 5.41) is 0. The number of H-pyrrole nitrogens is 1. The van der Waals surface area contributed by atoms with E-state index in [1.165, 1.54) is 6.42 Å². The zero-order valence-electron chi connectivity index (χ0n) is 5.67. The molecule has 0 spiro atoms. The van der Waals surface area contributed by atoms with Crippen molar-refractivity contribution in [3.8, 4) is 0 Å². The fourth-order valence-corrected chi connectivity index (χ4v) is 1.16. The van der Waals surface area contributed by atoms with E-state index in [0.717, 1.165) is 24.5 Å². The Balaban J connectivity index is 2.28. The summed E-state index contributed by atoms with van der Waals surface area (Å²) in [6.07, 6.45) is 5.84. The van der Waals surface area contributed by atoms with E-state index in [9.17, 15) is 0 Å². The molecule has 1 aromatic heterocycles. The molecule has 0 radical (unpaired) electrons. The van der Waals surface area contributed by atoms with Crippen LogP contribution >= 0.6 is 0 Å². The van der Waals surface area contributed by atoms with Gasteiger partial charge in [0.25, 0.3) is 0 Å². The Bertz CT molecular complexity index is 235. The molecule has 0 saturated heterocycles. The fraction of sp³-hybridized carbons (Fsp3) is 0.429. The molecule has 1 aliphatic heterocycles. The third-order valence-electron chi connectivity index (χ3n) is 1.65. The molecular formula is C7H9N3. The number of nitrogens with zero attached hydrogens (tertiary/aromatic N) is 2. The van der Waals surface area contributed by atoms with Crippen molar-refractivity contribution in [2.24, 2.45) is 4.99 Å². The summed E-state index contributed by atoms with van der Waals surface area (Å²) in [6.45, 7) is 0.968. The number of aromatic amines is 1. The molecule has 0 amide bonds. The van der Waals surface area contributed by atoms with Crippen LogP contribution in [0, 0.1) is 0 Å². The van der Waals surface area contributed by atoms with Gasteiger partial charge in [0.2, 0.25) is 0 Å². The molecule has 0 bridgehead atoms. The molecule has 0 aliphatic carbocycles. The van der Waals surface area contributed by atoms with Crippen molar-refractivity contribution < 1.29 is 0 Å². The minimum Gasteiger partial charge on any atom is -0.344 e. The van der Waals surface area contributed by atoms with Gasteiger partial charge in [-0.3, -0.25) is 4.99 Å². The maximum Gasteiger partial charge on any atom is 0.151 e. The van der Waals surface area contributed by atoms with E-state index in [2.05, 4.69) is 15.0 Å². The second-order valence-electron chi connectivity index (χ2n) is 2.37. The van der Waals surface area contributed by atoms with Gasteiger partial charge in [0.05, 0.1) is 5.71 Å². The number of nitrogens with one attached hydrogen (secondary N) is 1. The van der Waals surface area contributed by atoms with Gasteiger partial charge in [-0.05, 0) is 12.8 Å². The van der Waals surface area contributed by atoms with Crippen LogP contribution < -0.4 is 0 Å². The number of imidazole rings is 1. The molecular weight excluding hydrogens is 126 g/mol. The number of aliphatic imine (C=N–C) groups is 1. The molecule has 3 nitrogen and oxygen atoms in total. The first kappa shape index (κ1) is 5.65. The van der Waals surface area contributed by atoms with Crippen LogP contribution in [0.15, 0.2) is 17.4 Å². The zero-order chi connectivity index (χ0) is 6.81. The summed E-state index contributed by atoms with van der Waals surface area (Å²) in [4.78, 5) is 11.5. The molecule has 0 aromatic carbocycles. The van der Waals surface area contributed by atoms with Crippen molar-refractivity contribution in [1.82, 2.24) is 9.97 Å². The molecule has 3 heteroatoms. The van der Waals surface area contributed by atoms with Crippen LogP contribution in [0.3, 0.4) is 0 Å². The highest BCUT2D eigenvalue weighted by molar-refractivity contribution is 5.98. The molecule has 52 valence electrons. The van der Waals surface area contributed by atoms with Gasteiger partial charge >= 0.3 is 0 Å². The van der Waals surface area contributed by atoms with Crippen molar-refractivity contribution in [3.05, 3.63) is 18.2 Å². The van der Waals surface area contributed by atoms with Crippen LogP contribution in [0.25, 0.3) is 0 Å². The maximum atomic E-state index is 4.30. The van der Waals surface area contributed by atoms with E-state index in [4.69, 9.17) is 0 Å². The Morgan fingerprint density at radius 2 is 2.50 bits per heavy atom. The number of hydrogen-bond donors (Lipinski definition) is 1. The maximum absolute atomic E-state index is 4.30. The number of aromatic nitrogens is 2. The molecule has 0 atom stereocenters. The monoisotopic (exact) mass is 135 g/mol. The van der Waals surface area contributed by atoms with E-state index in [1.807, 2.05) is 6.20 Å². The first-order chi connectivity index (χ1) is 4.97. The second kappa shape index (κ2) is 2.25. The summed E-state index contributed by atoms with van der Waals surface area (Å²) < 4.78 is 0. The van der Waals surface area contributed by atoms with Gasteiger partial charge in [-0.25, -0.2) is 4.98 Å². The summed E-state index contributed by atoms with van der Waals surface area (Å²) in [6, 6.07) is 0. The number of rotatable bonds is 1. The Labute approximate surface area is 59.2 Å². The molecule has 2 heterocycles. The first-order valence-electron chi connectivity index (χ1n) is 3.50. The van der Waals surface area contributed by atoms with Crippen molar-refractivity contribution in [2.45, 2.75) is 12.8 Å². The average molecular weight is 135 g/mol. The predicted octanol–water partition coefficient (Wildman–Crippen LogP) is 0.993. The van der Waals surface area contributed by atoms with E-state index < -0.39 is 0 Å². The Kier molecular flexibility index (Phi) is 1.27. The molecule has 10 heavy (non-hydrogen) atoms. The third kappa shape index (κ3) is 0.835. The van der Waals surface area contributed by atoms with Gasteiger partial charge in [0.1, 0.15) is 0 Å². The zero-order valence-corrected chi connectivity index (χ0v) is 5.67. The largest absolute Gasteiger partial charge is 0.344 e. The topological polar surface area (TPSA) is 41.0 Å². The summed E-state index contributed by atoms with van der Waals surface area (Å²) >= 11 is 0. The minimum atomic E-state index is 0.942.